The lowest BCUT2D eigenvalue weighted by atomic mass is 10.0. The monoisotopic (exact) mass is 305 g/mol. The smallest absolute Gasteiger partial charge is 0.256 e. The molecule has 0 unspecified atom stereocenters. The molecule has 0 spiro atoms. The van der Waals surface area contributed by atoms with Gasteiger partial charge in [0.1, 0.15) is 16.6 Å². The van der Waals surface area contributed by atoms with Crippen LogP contribution in [0.4, 0.5) is 5.69 Å². The van der Waals surface area contributed by atoms with Gasteiger partial charge in [-0.05, 0) is 18.2 Å². The van der Waals surface area contributed by atoms with E-state index in [4.69, 9.17) is 12.2 Å². The number of nitriles is 1. The van der Waals surface area contributed by atoms with Crippen LogP contribution in [0, 0.1) is 11.3 Å². The third-order valence-electron chi connectivity index (χ3n) is 3.30. The minimum atomic E-state index is -0.221. The van der Waals surface area contributed by atoms with E-state index >= 15 is 0 Å². The van der Waals surface area contributed by atoms with E-state index in [0.29, 0.717) is 16.8 Å². The van der Waals surface area contributed by atoms with Crippen LogP contribution in [0.5, 0.6) is 0 Å². The van der Waals surface area contributed by atoms with E-state index in [1.165, 1.54) is 0 Å². The molecule has 1 aliphatic heterocycles. The number of anilines is 1. The Morgan fingerprint density at radius 3 is 2.36 bits per heavy atom. The molecule has 0 saturated carbocycles. The maximum absolute atomic E-state index is 12.0. The van der Waals surface area contributed by atoms with Crippen LogP contribution in [0.15, 0.2) is 60.2 Å². The third kappa shape index (κ3) is 2.48. The second-order valence-electron chi connectivity index (χ2n) is 4.68. The summed E-state index contributed by atoms with van der Waals surface area (Å²) >= 11 is 5.32. The first-order valence-electron chi connectivity index (χ1n) is 6.62. The van der Waals surface area contributed by atoms with E-state index in [1.807, 2.05) is 36.4 Å². The van der Waals surface area contributed by atoms with Crippen molar-refractivity contribution in [3.05, 3.63) is 71.3 Å². The van der Waals surface area contributed by atoms with Crippen molar-refractivity contribution >= 4 is 34.5 Å². The molecule has 106 valence electrons. The molecule has 2 aromatic carbocycles. The van der Waals surface area contributed by atoms with Crippen molar-refractivity contribution in [2.75, 3.05) is 5.32 Å². The van der Waals surface area contributed by atoms with Crippen molar-refractivity contribution < 1.29 is 4.79 Å². The number of nitrogens with zero attached hydrogens (tertiary/aromatic N) is 1. The molecule has 0 saturated heterocycles. The van der Waals surface area contributed by atoms with E-state index < -0.39 is 0 Å². The average Bonchev–Trinajstić information content (AvgIpc) is 2.87. The molecule has 0 atom stereocenters. The standard InChI is InChI=1S/C17H11N3OS/c18-10-14(17(22)19-11-6-2-1-3-7-11)15-12-8-4-5-9-13(12)16(21)20-15/h1-9H,(H,19,22)(H,20,21). The molecular weight excluding hydrogens is 294 g/mol. The number of carbonyl (C=O) groups excluding carboxylic acids is 1. The van der Waals surface area contributed by atoms with Crippen molar-refractivity contribution in [3.8, 4) is 6.07 Å². The Hall–Kier alpha value is -2.97. The number of hydrogen-bond donors (Lipinski definition) is 2. The van der Waals surface area contributed by atoms with Crippen molar-refractivity contribution in [2.45, 2.75) is 0 Å². The second kappa shape index (κ2) is 5.80. The largest absolute Gasteiger partial charge is 0.345 e. The number of rotatable bonds is 2. The fourth-order valence-corrected chi connectivity index (χ4v) is 2.55. The number of benzene rings is 2. The predicted octanol–water partition coefficient (Wildman–Crippen LogP) is 3.10. The number of thiocarbonyl (C=S) groups is 1. The van der Waals surface area contributed by atoms with Gasteiger partial charge in [-0.2, -0.15) is 5.26 Å². The normalized spacial score (nSPS) is 14.6. The van der Waals surface area contributed by atoms with Gasteiger partial charge in [0.25, 0.3) is 5.91 Å². The Morgan fingerprint density at radius 2 is 1.68 bits per heavy atom. The number of carbonyl (C=O) groups is 1. The lowest BCUT2D eigenvalue weighted by Gasteiger charge is -2.09. The number of nitrogens with one attached hydrogen (secondary N) is 2. The van der Waals surface area contributed by atoms with Gasteiger partial charge in [0.2, 0.25) is 0 Å². The van der Waals surface area contributed by atoms with Gasteiger partial charge in [0, 0.05) is 16.8 Å². The highest BCUT2D eigenvalue weighted by Crippen LogP contribution is 2.27. The Bertz CT molecular complexity index is 834. The van der Waals surface area contributed by atoms with Gasteiger partial charge < -0.3 is 10.6 Å². The summed E-state index contributed by atoms with van der Waals surface area (Å²) in [4.78, 5) is 12.2. The first-order chi connectivity index (χ1) is 10.7. The van der Waals surface area contributed by atoms with Crippen LogP contribution in [0.1, 0.15) is 15.9 Å². The Labute approximate surface area is 133 Å². The summed E-state index contributed by atoms with van der Waals surface area (Å²) < 4.78 is 0. The second-order valence-corrected chi connectivity index (χ2v) is 5.09. The zero-order valence-corrected chi connectivity index (χ0v) is 12.3. The molecule has 22 heavy (non-hydrogen) atoms. The number of amides is 1. The fourth-order valence-electron chi connectivity index (χ4n) is 2.28. The van der Waals surface area contributed by atoms with E-state index in [0.717, 1.165) is 5.69 Å². The van der Waals surface area contributed by atoms with Crippen molar-refractivity contribution in [2.24, 2.45) is 0 Å². The van der Waals surface area contributed by atoms with Gasteiger partial charge >= 0.3 is 0 Å². The van der Waals surface area contributed by atoms with Gasteiger partial charge in [-0.15, -0.1) is 0 Å². The number of para-hydroxylation sites is 1. The first kappa shape index (κ1) is 14.0. The maximum Gasteiger partial charge on any atom is 0.256 e. The highest BCUT2D eigenvalue weighted by Gasteiger charge is 2.27. The maximum atomic E-state index is 12.0. The zero-order valence-electron chi connectivity index (χ0n) is 11.5. The van der Waals surface area contributed by atoms with Crippen molar-refractivity contribution in [1.29, 1.82) is 5.26 Å². The van der Waals surface area contributed by atoms with Gasteiger partial charge in [-0.3, -0.25) is 4.79 Å². The summed E-state index contributed by atoms with van der Waals surface area (Å²) in [6, 6.07) is 18.6. The molecule has 0 aromatic heterocycles. The lowest BCUT2D eigenvalue weighted by Crippen LogP contribution is -2.18. The molecule has 0 bridgehead atoms. The topological polar surface area (TPSA) is 64.9 Å². The molecule has 2 aromatic rings. The Balaban J connectivity index is 2.00. The molecule has 0 radical (unpaired) electrons. The minimum Gasteiger partial charge on any atom is -0.345 e. The van der Waals surface area contributed by atoms with Crippen LogP contribution in [-0.2, 0) is 0 Å². The molecular formula is C17H11N3OS. The highest BCUT2D eigenvalue weighted by atomic mass is 32.1. The van der Waals surface area contributed by atoms with E-state index in [-0.39, 0.29) is 16.5 Å². The van der Waals surface area contributed by atoms with Gasteiger partial charge in [0.05, 0.1) is 5.70 Å². The number of hydrogen-bond acceptors (Lipinski definition) is 3. The van der Waals surface area contributed by atoms with Crippen molar-refractivity contribution in [3.63, 3.8) is 0 Å². The molecule has 1 aliphatic rings. The van der Waals surface area contributed by atoms with E-state index in [2.05, 4.69) is 16.7 Å². The van der Waals surface area contributed by atoms with Crippen molar-refractivity contribution in [1.82, 2.24) is 5.32 Å². The van der Waals surface area contributed by atoms with Crippen LogP contribution < -0.4 is 10.6 Å². The SMILES string of the molecule is N#CC(C(=S)Nc1ccccc1)=C1NC(=O)c2ccccc21. The molecule has 1 heterocycles. The first-order valence-corrected chi connectivity index (χ1v) is 7.03. The number of fused-ring (bicyclic) bond motifs is 1. The highest BCUT2D eigenvalue weighted by molar-refractivity contribution is 7.81. The molecule has 3 rings (SSSR count). The van der Waals surface area contributed by atoms with Gasteiger partial charge in [-0.25, -0.2) is 0 Å². The third-order valence-corrected chi connectivity index (χ3v) is 3.61. The average molecular weight is 305 g/mol. The predicted molar refractivity (Wildman–Crippen MR) is 89.1 cm³/mol. The summed E-state index contributed by atoms with van der Waals surface area (Å²) in [6.45, 7) is 0. The van der Waals surface area contributed by atoms with Gasteiger partial charge in [-0.1, -0.05) is 48.6 Å². The Kier molecular flexibility index (Phi) is 3.69. The molecule has 2 N–H and O–H groups in total. The van der Waals surface area contributed by atoms with Crippen LogP contribution in [-0.4, -0.2) is 10.9 Å². The van der Waals surface area contributed by atoms with Crippen LogP contribution >= 0.6 is 12.2 Å². The molecule has 5 heteroatoms. The summed E-state index contributed by atoms with van der Waals surface area (Å²) in [5.74, 6) is -0.221. The van der Waals surface area contributed by atoms with E-state index in [1.54, 1.807) is 18.2 Å². The van der Waals surface area contributed by atoms with Gasteiger partial charge in [0.15, 0.2) is 0 Å². The summed E-state index contributed by atoms with van der Waals surface area (Å²) in [5.41, 5.74) is 2.74. The zero-order chi connectivity index (χ0) is 15.5. The summed E-state index contributed by atoms with van der Waals surface area (Å²) in [5, 5.41) is 15.2. The Morgan fingerprint density at radius 1 is 1.05 bits per heavy atom. The van der Waals surface area contributed by atoms with Crippen LogP contribution in [0.3, 0.4) is 0 Å². The molecule has 0 fully saturated rings. The lowest BCUT2D eigenvalue weighted by molar-refractivity contribution is 0.0981. The molecule has 4 nitrogen and oxygen atoms in total. The van der Waals surface area contributed by atoms with E-state index in [9.17, 15) is 10.1 Å². The quantitative estimate of drug-likeness (QED) is 0.508. The molecule has 0 aliphatic carbocycles. The summed E-state index contributed by atoms with van der Waals surface area (Å²) in [7, 11) is 0. The molecule has 1 amide bonds. The summed E-state index contributed by atoms with van der Waals surface area (Å²) in [6.07, 6.45) is 0. The fraction of sp³-hybridized carbons (Fsp3) is 0. The van der Waals surface area contributed by atoms with Crippen LogP contribution in [0.2, 0.25) is 0 Å². The van der Waals surface area contributed by atoms with Crippen LogP contribution in [0.25, 0.3) is 5.70 Å². The minimum absolute atomic E-state index is 0.221.